The Kier molecular flexibility index (Phi) is 7.72. The van der Waals surface area contributed by atoms with Crippen molar-refractivity contribution in [2.24, 2.45) is 5.92 Å². The first-order valence-electron chi connectivity index (χ1n) is 8.93. The predicted molar refractivity (Wildman–Crippen MR) is 109 cm³/mol. The zero-order valence-corrected chi connectivity index (χ0v) is 16.5. The molecule has 0 spiro atoms. The summed E-state index contributed by atoms with van der Waals surface area (Å²) in [7, 11) is -1.34. The quantitative estimate of drug-likeness (QED) is 0.539. The summed E-state index contributed by atoms with van der Waals surface area (Å²) in [6.07, 6.45) is 2.16. The fourth-order valence-electron chi connectivity index (χ4n) is 2.70. The molecule has 2 rings (SSSR count). The molecule has 25 heavy (non-hydrogen) atoms. The van der Waals surface area contributed by atoms with Crippen molar-refractivity contribution >= 4 is 19.4 Å². The molecule has 0 aromatic heterocycles. The van der Waals surface area contributed by atoms with E-state index in [-0.39, 0.29) is 6.10 Å². The van der Waals surface area contributed by atoms with Gasteiger partial charge in [-0.15, -0.1) is 0 Å². The molecule has 2 aromatic rings. The smallest absolute Gasteiger partial charge is 0.284 e. The largest absolute Gasteiger partial charge is 0.393 e. The number of benzene rings is 2. The van der Waals surface area contributed by atoms with E-state index < -0.39 is 9.04 Å². The molecule has 1 radical (unpaired) electrons. The van der Waals surface area contributed by atoms with E-state index in [0.717, 1.165) is 18.4 Å². The summed E-state index contributed by atoms with van der Waals surface area (Å²) >= 11 is 0. The molecule has 0 bridgehead atoms. The van der Waals surface area contributed by atoms with Crippen molar-refractivity contribution in [2.45, 2.75) is 39.7 Å². The highest BCUT2D eigenvalue weighted by Crippen LogP contribution is 2.15. The van der Waals surface area contributed by atoms with E-state index in [9.17, 15) is 0 Å². The van der Waals surface area contributed by atoms with E-state index >= 15 is 0 Å². The number of allylic oxidation sites excluding steroid dienone is 1. The summed E-state index contributed by atoms with van der Waals surface area (Å²) in [6, 6.07) is 21.1. The Morgan fingerprint density at radius 3 is 2.00 bits per heavy atom. The van der Waals surface area contributed by atoms with Crippen LogP contribution in [-0.4, -0.2) is 15.1 Å². The van der Waals surface area contributed by atoms with Crippen LogP contribution < -0.4 is 10.4 Å². The maximum atomic E-state index is 6.67. The van der Waals surface area contributed by atoms with Gasteiger partial charge in [-0.3, -0.25) is 0 Å². The maximum Gasteiger partial charge on any atom is 0.284 e. The number of hydrogen-bond donors (Lipinski definition) is 0. The highest BCUT2D eigenvalue weighted by molar-refractivity contribution is 6.80. The van der Waals surface area contributed by atoms with Gasteiger partial charge in [0, 0.05) is 0 Å². The molecular formula is C23H27OSi. The molecule has 0 aliphatic rings. The van der Waals surface area contributed by atoms with Crippen LogP contribution in [0.2, 0.25) is 0 Å². The minimum Gasteiger partial charge on any atom is -0.393 e. The first-order valence-corrected chi connectivity index (χ1v) is 10.3. The summed E-state index contributed by atoms with van der Waals surface area (Å²) in [5.41, 5.74) is 0.880. The van der Waals surface area contributed by atoms with E-state index in [1.54, 1.807) is 0 Å². The lowest BCUT2D eigenvalue weighted by molar-refractivity contribution is 0.196. The van der Waals surface area contributed by atoms with Crippen LogP contribution in [0.15, 0.2) is 72.8 Å². The third-order valence-electron chi connectivity index (χ3n) is 4.01. The maximum absolute atomic E-state index is 6.67. The van der Waals surface area contributed by atoms with Gasteiger partial charge >= 0.3 is 0 Å². The van der Waals surface area contributed by atoms with E-state index in [2.05, 4.69) is 80.8 Å². The van der Waals surface area contributed by atoms with Gasteiger partial charge in [-0.25, -0.2) is 0 Å². The Morgan fingerprint density at radius 1 is 1.04 bits per heavy atom. The normalized spacial score (nSPS) is 13.0. The second kappa shape index (κ2) is 10.0. The van der Waals surface area contributed by atoms with Crippen LogP contribution in [-0.2, 0) is 4.43 Å². The van der Waals surface area contributed by atoms with E-state index in [1.807, 2.05) is 19.1 Å². The zero-order chi connectivity index (χ0) is 18.1. The standard InChI is InChI=1S/C23H27OSi/c1-5-12-20(4)23(18-17-19(2)3)24-25(21-13-8-6-9-14-21)22-15-10-7-11-16-22/h6-11,13-16,20,23H,2,5,12H2,1,3-4H3. The van der Waals surface area contributed by atoms with Crippen LogP contribution in [0.5, 0.6) is 0 Å². The lowest BCUT2D eigenvalue weighted by Gasteiger charge is -2.25. The lowest BCUT2D eigenvalue weighted by atomic mass is 10.00. The second-order valence-electron chi connectivity index (χ2n) is 6.42. The molecule has 0 aliphatic carbocycles. The Labute approximate surface area is 154 Å². The van der Waals surface area contributed by atoms with E-state index in [0.29, 0.717) is 5.92 Å². The SMILES string of the molecule is C=C(C)C#CC(O[Si](c1ccccc1)c1ccccc1)C(C)CCC. The molecule has 1 nitrogen and oxygen atoms in total. The van der Waals surface area contributed by atoms with Crippen molar-refractivity contribution in [2.75, 3.05) is 0 Å². The molecule has 0 fully saturated rings. The van der Waals surface area contributed by atoms with Crippen LogP contribution in [0.4, 0.5) is 0 Å². The van der Waals surface area contributed by atoms with E-state index in [4.69, 9.17) is 4.43 Å². The lowest BCUT2D eigenvalue weighted by Crippen LogP contribution is -2.48. The minimum atomic E-state index is -1.34. The van der Waals surface area contributed by atoms with E-state index in [1.165, 1.54) is 10.4 Å². The van der Waals surface area contributed by atoms with Gasteiger partial charge in [0.1, 0.15) is 6.10 Å². The zero-order valence-electron chi connectivity index (χ0n) is 15.5. The monoisotopic (exact) mass is 347 g/mol. The summed E-state index contributed by atoms with van der Waals surface area (Å²) < 4.78 is 6.67. The van der Waals surface area contributed by atoms with Gasteiger partial charge in [0.25, 0.3) is 9.04 Å². The Morgan fingerprint density at radius 2 is 1.56 bits per heavy atom. The molecule has 0 aliphatic heterocycles. The van der Waals surface area contributed by atoms with Crippen LogP contribution in [0.3, 0.4) is 0 Å². The molecule has 0 saturated carbocycles. The molecular weight excluding hydrogens is 320 g/mol. The van der Waals surface area contributed by atoms with Crippen molar-refractivity contribution in [1.82, 2.24) is 0 Å². The van der Waals surface area contributed by atoms with Crippen molar-refractivity contribution in [1.29, 1.82) is 0 Å². The van der Waals surface area contributed by atoms with Gasteiger partial charge in [0.15, 0.2) is 0 Å². The van der Waals surface area contributed by atoms with Gasteiger partial charge in [0.2, 0.25) is 0 Å². The summed E-state index contributed by atoms with van der Waals surface area (Å²) in [5, 5.41) is 2.51. The average Bonchev–Trinajstić information content (AvgIpc) is 2.63. The molecule has 2 heteroatoms. The molecule has 2 atom stereocenters. The predicted octanol–water partition coefficient (Wildman–Crippen LogP) is 4.19. The fourth-order valence-corrected chi connectivity index (χ4v) is 4.84. The topological polar surface area (TPSA) is 9.23 Å². The summed E-state index contributed by atoms with van der Waals surface area (Å²) in [5.74, 6) is 6.86. The Balaban J connectivity index is 2.35. The van der Waals surface area contributed by atoms with Crippen LogP contribution in [0.1, 0.15) is 33.6 Å². The molecule has 0 amide bonds. The first-order chi connectivity index (χ1) is 12.1. The Hall–Kier alpha value is -2.08. The van der Waals surface area contributed by atoms with Gasteiger partial charge in [-0.1, -0.05) is 99.4 Å². The minimum absolute atomic E-state index is 0.0778. The second-order valence-corrected chi connectivity index (χ2v) is 8.46. The molecule has 0 N–H and O–H groups in total. The average molecular weight is 348 g/mol. The van der Waals surface area contributed by atoms with Crippen LogP contribution in [0, 0.1) is 17.8 Å². The molecule has 129 valence electrons. The highest BCUT2D eigenvalue weighted by atomic mass is 28.3. The third-order valence-corrected chi connectivity index (χ3v) is 6.21. The van der Waals surface area contributed by atoms with Crippen molar-refractivity contribution in [3.8, 4) is 11.8 Å². The summed E-state index contributed by atoms with van der Waals surface area (Å²) in [6.45, 7) is 10.3. The third kappa shape index (κ3) is 6.05. The Bertz CT molecular complexity index is 673. The number of rotatable bonds is 7. The van der Waals surface area contributed by atoms with Crippen LogP contribution >= 0.6 is 0 Å². The molecule has 2 unspecified atom stereocenters. The molecule has 0 saturated heterocycles. The van der Waals surface area contributed by atoms with Crippen molar-refractivity contribution in [3.63, 3.8) is 0 Å². The highest BCUT2D eigenvalue weighted by Gasteiger charge is 2.25. The summed E-state index contributed by atoms with van der Waals surface area (Å²) in [4.78, 5) is 0. The van der Waals surface area contributed by atoms with Gasteiger partial charge in [-0.05, 0) is 35.2 Å². The first kappa shape index (κ1) is 19.2. The van der Waals surface area contributed by atoms with Crippen molar-refractivity contribution < 1.29 is 4.43 Å². The molecule has 2 aromatic carbocycles. The van der Waals surface area contributed by atoms with Gasteiger partial charge in [-0.2, -0.15) is 0 Å². The van der Waals surface area contributed by atoms with Gasteiger partial charge in [0.05, 0.1) is 0 Å². The number of hydrogen-bond acceptors (Lipinski definition) is 1. The van der Waals surface area contributed by atoms with Gasteiger partial charge < -0.3 is 4.43 Å². The van der Waals surface area contributed by atoms with Crippen molar-refractivity contribution in [3.05, 3.63) is 72.8 Å². The van der Waals surface area contributed by atoms with Crippen LogP contribution in [0.25, 0.3) is 0 Å². The fraction of sp³-hybridized carbons (Fsp3) is 0.304. The molecule has 0 heterocycles.